The Morgan fingerprint density at radius 3 is 2.57 bits per heavy atom. The van der Waals surface area contributed by atoms with Crippen LogP contribution in [0.15, 0.2) is 41.8 Å². The summed E-state index contributed by atoms with van der Waals surface area (Å²) < 4.78 is 10.7. The third-order valence-electron chi connectivity index (χ3n) is 3.18. The molecule has 23 heavy (non-hydrogen) atoms. The van der Waals surface area contributed by atoms with Crippen LogP contribution in [-0.2, 0) is 11.3 Å². The van der Waals surface area contributed by atoms with Crippen LogP contribution in [0.2, 0.25) is 0 Å². The molecule has 0 atom stereocenters. The Morgan fingerprint density at radius 2 is 1.91 bits per heavy atom. The van der Waals surface area contributed by atoms with Gasteiger partial charge in [0.2, 0.25) is 5.91 Å². The van der Waals surface area contributed by atoms with E-state index in [2.05, 4.69) is 9.97 Å². The predicted octanol–water partition coefficient (Wildman–Crippen LogP) is 2.24. The molecule has 0 aliphatic heterocycles. The number of methoxy groups -OCH3 is 2. The summed E-state index contributed by atoms with van der Waals surface area (Å²) >= 11 is 1.32. The molecule has 0 N–H and O–H groups in total. The fourth-order valence-corrected chi connectivity index (χ4v) is 2.76. The fourth-order valence-electron chi connectivity index (χ4n) is 2.02. The van der Waals surface area contributed by atoms with Crippen LogP contribution in [0.5, 0.6) is 11.5 Å². The molecular formula is C16H19N3O3S. The van der Waals surface area contributed by atoms with Gasteiger partial charge < -0.3 is 14.4 Å². The lowest BCUT2D eigenvalue weighted by atomic mass is 10.1. The lowest BCUT2D eigenvalue weighted by molar-refractivity contribution is -0.127. The van der Waals surface area contributed by atoms with Crippen LogP contribution in [0, 0.1) is 0 Å². The average Bonchev–Trinajstić information content (AvgIpc) is 2.60. The highest BCUT2D eigenvalue weighted by Gasteiger charge is 2.15. The zero-order chi connectivity index (χ0) is 16.7. The van der Waals surface area contributed by atoms with Gasteiger partial charge in [-0.25, -0.2) is 9.97 Å². The Balaban J connectivity index is 1.98. The topological polar surface area (TPSA) is 64.5 Å². The highest BCUT2D eigenvalue weighted by Crippen LogP contribution is 2.31. The smallest absolute Gasteiger partial charge is 0.233 e. The number of thioether (sulfide) groups is 1. The van der Waals surface area contributed by atoms with E-state index in [4.69, 9.17) is 9.47 Å². The second kappa shape index (κ2) is 8.38. The van der Waals surface area contributed by atoms with Gasteiger partial charge in [-0.1, -0.05) is 23.9 Å². The average molecular weight is 333 g/mol. The first-order chi connectivity index (χ1) is 11.2. The van der Waals surface area contributed by atoms with Crippen molar-refractivity contribution >= 4 is 17.7 Å². The Kier molecular flexibility index (Phi) is 6.22. The second-order valence-corrected chi connectivity index (χ2v) is 5.66. The number of nitrogens with zero attached hydrogens (tertiary/aromatic N) is 3. The maximum absolute atomic E-state index is 12.3. The lowest BCUT2D eigenvalue weighted by Crippen LogP contribution is -2.28. The van der Waals surface area contributed by atoms with Crippen LogP contribution in [0.1, 0.15) is 5.56 Å². The van der Waals surface area contributed by atoms with Crippen molar-refractivity contribution in [3.63, 3.8) is 0 Å². The summed E-state index contributed by atoms with van der Waals surface area (Å²) in [4.78, 5) is 22.1. The fraction of sp³-hybridized carbons (Fsp3) is 0.312. The summed E-state index contributed by atoms with van der Waals surface area (Å²) in [5, 5.41) is 0.591. The van der Waals surface area contributed by atoms with Crippen molar-refractivity contribution in [1.82, 2.24) is 14.9 Å². The molecular weight excluding hydrogens is 314 g/mol. The largest absolute Gasteiger partial charge is 0.493 e. The molecule has 1 amide bonds. The number of ether oxygens (including phenoxy) is 2. The molecule has 2 rings (SSSR count). The molecule has 0 radical (unpaired) electrons. The SMILES string of the molecule is COc1cccc(CN(C)C(=O)CSc2ncccn2)c1OC. The Labute approximate surface area is 139 Å². The van der Waals surface area contributed by atoms with Crippen LogP contribution in [0.25, 0.3) is 0 Å². The minimum atomic E-state index is -0.00711. The first-order valence-electron chi connectivity index (χ1n) is 6.99. The molecule has 0 bridgehead atoms. The van der Waals surface area contributed by atoms with Crippen molar-refractivity contribution < 1.29 is 14.3 Å². The maximum Gasteiger partial charge on any atom is 0.233 e. The van der Waals surface area contributed by atoms with Crippen LogP contribution < -0.4 is 9.47 Å². The van der Waals surface area contributed by atoms with Crippen molar-refractivity contribution in [2.75, 3.05) is 27.0 Å². The number of benzene rings is 1. The minimum absolute atomic E-state index is 0.00711. The maximum atomic E-state index is 12.3. The summed E-state index contributed by atoms with van der Waals surface area (Å²) in [6.07, 6.45) is 3.31. The standard InChI is InChI=1S/C16H19N3O3S/c1-19(14(20)11-23-16-17-8-5-9-18-16)10-12-6-4-7-13(21-2)15(12)22-3/h4-9H,10-11H2,1-3H3. The van der Waals surface area contributed by atoms with Gasteiger partial charge in [-0.05, 0) is 12.1 Å². The van der Waals surface area contributed by atoms with E-state index in [0.717, 1.165) is 5.56 Å². The number of para-hydroxylation sites is 1. The second-order valence-electron chi connectivity index (χ2n) is 4.72. The molecule has 122 valence electrons. The van der Waals surface area contributed by atoms with Gasteiger partial charge in [0, 0.05) is 31.5 Å². The minimum Gasteiger partial charge on any atom is -0.493 e. The van der Waals surface area contributed by atoms with Gasteiger partial charge in [0.05, 0.1) is 20.0 Å². The Bertz CT molecular complexity index is 652. The zero-order valence-corrected chi connectivity index (χ0v) is 14.2. The molecule has 0 saturated heterocycles. The first kappa shape index (κ1) is 17.1. The normalized spacial score (nSPS) is 10.2. The van der Waals surface area contributed by atoms with Gasteiger partial charge >= 0.3 is 0 Å². The van der Waals surface area contributed by atoms with E-state index in [1.165, 1.54) is 11.8 Å². The van der Waals surface area contributed by atoms with Gasteiger partial charge in [0.1, 0.15) is 0 Å². The van der Waals surface area contributed by atoms with E-state index in [1.807, 2.05) is 18.2 Å². The summed E-state index contributed by atoms with van der Waals surface area (Å²) in [6, 6.07) is 7.36. The summed E-state index contributed by atoms with van der Waals surface area (Å²) in [5.41, 5.74) is 0.892. The lowest BCUT2D eigenvalue weighted by Gasteiger charge is -2.19. The highest BCUT2D eigenvalue weighted by molar-refractivity contribution is 7.99. The van der Waals surface area contributed by atoms with E-state index in [9.17, 15) is 4.79 Å². The quantitative estimate of drug-likeness (QED) is 0.572. The molecule has 0 fully saturated rings. The molecule has 1 aromatic carbocycles. The molecule has 0 unspecified atom stereocenters. The number of aromatic nitrogens is 2. The van der Waals surface area contributed by atoms with Crippen molar-refractivity contribution in [2.45, 2.75) is 11.7 Å². The van der Waals surface area contributed by atoms with Crippen molar-refractivity contribution in [2.24, 2.45) is 0 Å². The highest BCUT2D eigenvalue weighted by atomic mass is 32.2. The van der Waals surface area contributed by atoms with E-state index < -0.39 is 0 Å². The first-order valence-corrected chi connectivity index (χ1v) is 7.98. The molecule has 1 aromatic heterocycles. The Morgan fingerprint density at radius 1 is 1.17 bits per heavy atom. The van der Waals surface area contributed by atoms with Gasteiger partial charge in [0.25, 0.3) is 0 Å². The van der Waals surface area contributed by atoms with Crippen LogP contribution >= 0.6 is 11.8 Å². The number of amides is 1. The number of carbonyl (C=O) groups excluding carboxylic acids is 1. The monoisotopic (exact) mass is 333 g/mol. The molecule has 0 aliphatic carbocycles. The van der Waals surface area contributed by atoms with Crippen LogP contribution in [0.3, 0.4) is 0 Å². The number of hydrogen-bond acceptors (Lipinski definition) is 6. The van der Waals surface area contributed by atoms with E-state index >= 15 is 0 Å². The molecule has 1 heterocycles. The van der Waals surface area contributed by atoms with E-state index in [-0.39, 0.29) is 11.7 Å². The molecule has 7 heteroatoms. The van der Waals surface area contributed by atoms with Crippen LogP contribution in [0.4, 0.5) is 0 Å². The molecule has 2 aromatic rings. The van der Waals surface area contributed by atoms with Crippen molar-refractivity contribution in [3.8, 4) is 11.5 Å². The van der Waals surface area contributed by atoms with Crippen molar-refractivity contribution in [1.29, 1.82) is 0 Å². The predicted molar refractivity (Wildman–Crippen MR) is 88.8 cm³/mol. The van der Waals surface area contributed by atoms with Gasteiger partial charge in [0.15, 0.2) is 16.7 Å². The summed E-state index contributed by atoms with van der Waals surface area (Å²) in [5.74, 6) is 1.58. The van der Waals surface area contributed by atoms with Crippen LogP contribution in [-0.4, -0.2) is 47.8 Å². The van der Waals surface area contributed by atoms with E-state index in [1.54, 1.807) is 44.6 Å². The molecule has 0 saturated carbocycles. The zero-order valence-electron chi connectivity index (χ0n) is 13.4. The number of hydrogen-bond donors (Lipinski definition) is 0. The number of carbonyl (C=O) groups is 1. The van der Waals surface area contributed by atoms with Gasteiger partial charge in [-0.2, -0.15) is 0 Å². The van der Waals surface area contributed by atoms with Gasteiger partial charge in [-0.15, -0.1) is 0 Å². The summed E-state index contributed by atoms with van der Waals surface area (Å²) in [7, 11) is 4.94. The Hall–Kier alpha value is -2.28. The molecule has 6 nitrogen and oxygen atoms in total. The summed E-state index contributed by atoms with van der Waals surface area (Å²) in [6.45, 7) is 0.440. The molecule has 0 aliphatic rings. The number of rotatable bonds is 7. The van der Waals surface area contributed by atoms with Gasteiger partial charge in [-0.3, -0.25) is 4.79 Å². The van der Waals surface area contributed by atoms with E-state index in [0.29, 0.717) is 23.2 Å². The third kappa shape index (κ3) is 4.59. The van der Waals surface area contributed by atoms with Crippen molar-refractivity contribution in [3.05, 3.63) is 42.2 Å². The molecule has 0 spiro atoms. The third-order valence-corrected chi connectivity index (χ3v) is 4.04.